The van der Waals surface area contributed by atoms with E-state index in [4.69, 9.17) is 16.9 Å². The van der Waals surface area contributed by atoms with Crippen LogP contribution in [0, 0.1) is 11.3 Å². The monoisotopic (exact) mass is 307 g/mol. The van der Waals surface area contributed by atoms with Crippen molar-refractivity contribution >= 4 is 32.8 Å². The first-order chi connectivity index (χ1) is 9.46. The Morgan fingerprint density at radius 3 is 2.75 bits per heavy atom. The Hall–Kier alpha value is -2.30. The number of nitrogens with one attached hydrogen (secondary N) is 2. The summed E-state index contributed by atoms with van der Waals surface area (Å²) >= 11 is 5.94. The van der Waals surface area contributed by atoms with E-state index in [9.17, 15) is 13.2 Å². The normalized spacial score (nSPS) is 14.6. The number of anilines is 2. The molecule has 6 nitrogen and oxygen atoms in total. The number of nitrogens with zero attached hydrogens (tertiary/aromatic N) is 1. The van der Waals surface area contributed by atoms with Crippen molar-refractivity contribution in [3.05, 3.63) is 45.3 Å². The van der Waals surface area contributed by atoms with Crippen LogP contribution in [0.5, 0.6) is 0 Å². The van der Waals surface area contributed by atoms with E-state index in [1.165, 1.54) is 12.1 Å². The first-order valence-electron chi connectivity index (χ1n) is 5.43. The minimum Gasteiger partial charge on any atom is -0.352 e. The average Bonchev–Trinajstić information content (AvgIpc) is 2.38. The number of halogens is 1. The van der Waals surface area contributed by atoms with E-state index >= 15 is 0 Å². The summed E-state index contributed by atoms with van der Waals surface area (Å²) in [6.45, 7) is 0. The molecule has 20 heavy (non-hydrogen) atoms. The number of aromatic amines is 1. The Morgan fingerprint density at radius 1 is 1.30 bits per heavy atom. The van der Waals surface area contributed by atoms with Gasteiger partial charge in [0.15, 0.2) is 0 Å². The van der Waals surface area contributed by atoms with Crippen molar-refractivity contribution in [3.8, 4) is 6.07 Å². The quantitative estimate of drug-likeness (QED) is 0.659. The minimum absolute atomic E-state index is 0.0222. The molecule has 0 unspecified atom stereocenters. The molecule has 2 N–H and O–H groups in total. The number of hydrogen-bond donors (Lipinski definition) is 2. The number of aromatic nitrogens is 1. The van der Waals surface area contributed by atoms with Crippen molar-refractivity contribution in [3.63, 3.8) is 0 Å². The van der Waals surface area contributed by atoms with E-state index in [2.05, 4.69) is 10.3 Å². The van der Waals surface area contributed by atoms with Gasteiger partial charge in [-0.25, -0.2) is 8.42 Å². The second-order valence-corrected chi connectivity index (χ2v) is 6.35. The van der Waals surface area contributed by atoms with Gasteiger partial charge < -0.3 is 10.3 Å². The van der Waals surface area contributed by atoms with Crippen LogP contribution in [0.25, 0.3) is 0 Å². The molecule has 0 fully saturated rings. The molecule has 2 heterocycles. The van der Waals surface area contributed by atoms with E-state index in [-0.39, 0.29) is 31.8 Å². The van der Waals surface area contributed by atoms with Crippen molar-refractivity contribution in [2.45, 2.75) is 9.79 Å². The average molecular weight is 308 g/mol. The van der Waals surface area contributed by atoms with Gasteiger partial charge in [0.05, 0.1) is 16.4 Å². The van der Waals surface area contributed by atoms with Gasteiger partial charge in [-0.3, -0.25) is 4.79 Å². The maximum absolute atomic E-state index is 12.5. The van der Waals surface area contributed by atoms with Gasteiger partial charge in [-0.1, -0.05) is 17.7 Å². The molecular weight excluding hydrogens is 302 g/mol. The maximum Gasteiger partial charge on any atom is 0.268 e. The van der Waals surface area contributed by atoms with Crippen molar-refractivity contribution in [1.82, 2.24) is 4.98 Å². The van der Waals surface area contributed by atoms with Gasteiger partial charge in [0.1, 0.15) is 21.4 Å². The van der Waals surface area contributed by atoms with Gasteiger partial charge in [0.25, 0.3) is 5.56 Å². The number of fused-ring (bicyclic) bond motifs is 2. The number of hydrogen-bond acceptors (Lipinski definition) is 5. The lowest BCUT2D eigenvalue weighted by Gasteiger charge is -2.22. The lowest BCUT2D eigenvalue weighted by molar-refractivity contribution is 0.595. The molecule has 0 aliphatic carbocycles. The summed E-state index contributed by atoms with van der Waals surface area (Å²) in [4.78, 5) is 13.6. The zero-order valence-corrected chi connectivity index (χ0v) is 11.3. The highest BCUT2D eigenvalue weighted by Gasteiger charge is 2.34. The molecule has 2 aromatic rings. The van der Waals surface area contributed by atoms with Crippen LogP contribution in [0.2, 0.25) is 5.02 Å². The molecule has 1 aromatic carbocycles. The second-order valence-electron chi connectivity index (χ2n) is 4.09. The second kappa shape index (κ2) is 4.10. The van der Waals surface area contributed by atoms with Gasteiger partial charge >= 0.3 is 0 Å². The van der Waals surface area contributed by atoms with Crippen LogP contribution in [0.3, 0.4) is 0 Å². The topological polar surface area (TPSA) is 103 Å². The predicted molar refractivity (Wildman–Crippen MR) is 72.0 cm³/mol. The van der Waals surface area contributed by atoms with Crippen molar-refractivity contribution in [2.24, 2.45) is 0 Å². The van der Waals surface area contributed by atoms with Crippen molar-refractivity contribution in [1.29, 1.82) is 5.26 Å². The van der Waals surface area contributed by atoms with Crippen LogP contribution in [-0.4, -0.2) is 13.4 Å². The van der Waals surface area contributed by atoms with Gasteiger partial charge in [-0.2, -0.15) is 5.26 Å². The number of nitriles is 1. The van der Waals surface area contributed by atoms with Crippen LogP contribution in [-0.2, 0) is 9.84 Å². The molecule has 3 rings (SSSR count). The Bertz CT molecular complexity index is 941. The highest BCUT2D eigenvalue weighted by Crippen LogP contribution is 2.42. The van der Waals surface area contributed by atoms with Crippen LogP contribution < -0.4 is 10.9 Å². The molecular formula is C12H6ClN3O3S. The van der Waals surface area contributed by atoms with E-state index in [0.29, 0.717) is 0 Å². The minimum atomic E-state index is -3.90. The highest BCUT2D eigenvalue weighted by atomic mass is 35.5. The molecule has 1 aliphatic heterocycles. The number of pyridine rings is 1. The van der Waals surface area contributed by atoms with E-state index in [1.54, 1.807) is 12.1 Å². The summed E-state index contributed by atoms with van der Waals surface area (Å²) in [6.07, 6.45) is 1.06. The number of sulfone groups is 1. The zero-order chi connectivity index (χ0) is 14.5. The van der Waals surface area contributed by atoms with Crippen LogP contribution in [0.4, 0.5) is 11.4 Å². The Morgan fingerprint density at radius 2 is 2.05 bits per heavy atom. The summed E-state index contributed by atoms with van der Waals surface area (Å²) in [5.41, 5.74) is -0.714. The first-order valence-corrected chi connectivity index (χ1v) is 7.29. The third-order valence-electron chi connectivity index (χ3n) is 2.95. The summed E-state index contributed by atoms with van der Waals surface area (Å²) < 4.78 is 25.1. The molecule has 0 amide bonds. The maximum atomic E-state index is 12.5. The molecule has 1 aromatic heterocycles. The molecule has 0 saturated heterocycles. The van der Waals surface area contributed by atoms with E-state index in [1.807, 2.05) is 0 Å². The lowest BCUT2D eigenvalue weighted by atomic mass is 10.2. The lowest BCUT2D eigenvalue weighted by Crippen LogP contribution is -2.21. The third-order valence-corrected chi connectivity index (χ3v) is 5.26. The number of benzene rings is 1. The largest absolute Gasteiger partial charge is 0.352 e. The van der Waals surface area contributed by atoms with Crippen LogP contribution in [0.15, 0.2) is 39.0 Å². The fourth-order valence-corrected chi connectivity index (χ4v) is 4.15. The van der Waals surface area contributed by atoms with E-state index < -0.39 is 15.4 Å². The molecule has 100 valence electrons. The molecule has 8 heteroatoms. The van der Waals surface area contributed by atoms with E-state index in [0.717, 1.165) is 6.20 Å². The Labute approximate surface area is 118 Å². The van der Waals surface area contributed by atoms with Crippen LogP contribution >= 0.6 is 11.6 Å². The molecule has 0 radical (unpaired) electrons. The van der Waals surface area contributed by atoms with Crippen molar-refractivity contribution in [2.75, 3.05) is 5.32 Å². The first kappa shape index (κ1) is 12.7. The Kier molecular flexibility index (Phi) is 2.61. The van der Waals surface area contributed by atoms with Gasteiger partial charge in [-0.15, -0.1) is 0 Å². The van der Waals surface area contributed by atoms with Crippen molar-refractivity contribution < 1.29 is 8.42 Å². The summed E-state index contributed by atoms with van der Waals surface area (Å²) in [5, 5.41) is 11.9. The fourth-order valence-electron chi connectivity index (χ4n) is 2.08. The zero-order valence-electron chi connectivity index (χ0n) is 9.77. The SMILES string of the molecule is N#Cc1c2c(c[nH]c1=O)S(=O)(=O)c1c(Cl)cccc1N2. The third kappa shape index (κ3) is 1.56. The molecule has 0 atom stereocenters. The number of H-pyrrole nitrogens is 1. The summed E-state index contributed by atoms with van der Waals surface area (Å²) in [7, 11) is -3.90. The standard InChI is InChI=1S/C12H6ClN3O3S/c13-7-2-1-3-8-11(7)20(18,19)9-5-15-12(17)6(4-14)10(9)16-8/h1-3,5,16H,(H,15,17). The molecule has 0 spiro atoms. The van der Waals surface area contributed by atoms with Gasteiger partial charge in [-0.05, 0) is 12.1 Å². The highest BCUT2D eigenvalue weighted by molar-refractivity contribution is 7.92. The predicted octanol–water partition coefficient (Wildman–Crippen LogP) is 1.79. The molecule has 0 saturated carbocycles. The van der Waals surface area contributed by atoms with Crippen LogP contribution in [0.1, 0.15) is 5.56 Å². The number of rotatable bonds is 0. The van der Waals surface area contributed by atoms with Gasteiger partial charge in [0.2, 0.25) is 9.84 Å². The summed E-state index contributed by atoms with van der Waals surface area (Å²) in [6, 6.07) is 6.26. The summed E-state index contributed by atoms with van der Waals surface area (Å²) in [5.74, 6) is 0. The Balaban J connectivity index is 2.46. The smallest absolute Gasteiger partial charge is 0.268 e. The molecule has 0 bridgehead atoms. The van der Waals surface area contributed by atoms with Gasteiger partial charge in [0, 0.05) is 6.20 Å². The fraction of sp³-hybridized carbons (Fsp3) is 0. The molecule has 1 aliphatic rings.